The summed E-state index contributed by atoms with van der Waals surface area (Å²) in [5, 5.41) is 17.3. The minimum Gasteiger partial charge on any atom is -0.456 e. The lowest BCUT2D eigenvalue weighted by Crippen LogP contribution is -2.10. The van der Waals surface area contributed by atoms with Crippen molar-refractivity contribution in [1.29, 1.82) is 0 Å². The first-order valence-electron chi connectivity index (χ1n) is 46.8. The zero-order chi connectivity index (χ0) is 92.1. The minimum atomic E-state index is 0.891. The van der Waals surface area contributed by atoms with Crippen LogP contribution in [0.1, 0.15) is 0 Å². The summed E-state index contributed by atoms with van der Waals surface area (Å²) in [5.74, 6) is 0. The van der Waals surface area contributed by atoms with Gasteiger partial charge in [-0.2, -0.15) is 0 Å². The molecule has 0 amide bonds. The number of para-hydroxylation sites is 9. The molecule has 27 rings (SSSR count). The fraction of sp³-hybridized carbons (Fsp3) is 0. The molecule has 658 valence electrons. The van der Waals surface area contributed by atoms with E-state index in [0.29, 0.717) is 0 Å². The molecule has 0 radical (unpaired) electrons. The van der Waals surface area contributed by atoms with E-state index in [9.17, 15) is 0 Å². The molecule has 0 fully saturated rings. The SMILES string of the molecule is c1ccc(N(c2ccccc2)c2ccc3sc4c(N(c5ccc6ccccc6c5)c5ccc6oc7ccccc7c6c5)cccc4c3c2)cc1.c1ccc(N(c2ccccc2)c2ccc3sc4c(N(c5ccccc5)c5ccc6ccccc6c5)cccc4c3c2)cc1.c1ccc(N(c2ccccc2)c2ccc3sc4c(N(c5ccccc5)c5ccc6sc7ccccc7c6c5)cccc4c3c2)cc1. The number of hydrogen-bond donors (Lipinski definition) is 0. The molecule has 5 heterocycles. The summed E-state index contributed by atoms with van der Waals surface area (Å²) < 4.78 is 16.5. The van der Waals surface area contributed by atoms with Crippen LogP contribution in [0.2, 0.25) is 0 Å². The van der Waals surface area contributed by atoms with Crippen LogP contribution < -0.4 is 29.4 Å². The minimum absolute atomic E-state index is 0.891. The number of rotatable bonds is 18. The molecule has 0 saturated carbocycles. The predicted octanol–water partition coefficient (Wildman–Crippen LogP) is 39.6. The predicted molar refractivity (Wildman–Crippen MR) is 601 cm³/mol. The van der Waals surface area contributed by atoms with Crippen molar-refractivity contribution in [2.24, 2.45) is 0 Å². The number of hydrogen-bond acceptors (Lipinski definition) is 11. The second-order valence-corrected chi connectivity index (χ2v) is 38.9. The maximum absolute atomic E-state index is 6.24. The van der Waals surface area contributed by atoms with E-state index in [2.05, 4.69) is 539 Å². The summed E-state index contributed by atoms with van der Waals surface area (Å²) in [6, 6.07) is 187. The third-order valence-electron chi connectivity index (χ3n) is 26.2. The monoisotopic (exact) mass is 1850 g/mol. The Kier molecular flexibility index (Phi) is 22.0. The summed E-state index contributed by atoms with van der Waals surface area (Å²) in [7, 11) is 0. The normalized spacial score (nSPS) is 11.5. The Morgan fingerprint density at radius 2 is 0.367 bits per heavy atom. The van der Waals surface area contributed by atoms with E-state index in [1.54, 1.807) is 0 Å². The van der Waals surface area contributed by atoms with Crippen molar-refractivity contribution in [3.63, 3.8) is 0 Å². The second-order valence-electron chi connectivity index (χ2n) is 34.6. The van der Waals surface area contributed by atoms with Gasteiger partial charge in [-0.15, -0.1) is 45.3 Å². The van der Waals surface area contributed by atoms with Gasteiger partial charge in [0.05, 0.1) is 31.2 Å². The first kappa shape index (κ1) is 83.6. The summed E-state index contributed by atoms with van der Waals surface area (Å²) in [6.45, 7) is 0. The Hall–Kier alpha value is -17.2. The Balaban J connectivity index is 0.000000111. The van der Waals surface area contributed by atoms with Crippen molar-refractivity contribution < 1.29 is 4.42 Å². The molecule has 0 bridgehead atoms. The highest BCUT2D eigenvalue weighted by Crippen LogP contribution is 2.53. The van der Waals surface area contributed by atoms with Gasteiger partial charge in [-0.25, -0.2) is 0 Å². The molecule has 0 aliphatic heterocycles. The lowest BCUT2D eigenvalue weighted by Gasteiger charge is -2.26. The van der Waals surface area contributed by atoms with Crippen LogP contribution in [-0.4, -0.2) is 0 Å². The highest BCUT2D eigenvalue weighted by molar-refractivity contribution is 7.27. The van der Waals surface area contributed by atoms with E-state index in [1.165, 1.54) is 114 Å². The molecule has 0 spiro atoms. The van der Waals surface area contributed by atoms with Crippen LogP contribution in [0.3, 0.4) is 0 Å². The van der Waals surface area contributed by atoms with Gasteiger partial charge in [-0.05, 0) is 264 Å². The average molecular weight is 1850 g/mol. The van der Waals surface area contributed by atoms with Gasteiger partial charge in [0.2, 0.25) is 0 Å². The van der Waals surface area contributed by atoms with E-state index < -0.39 is 0 Å². The third-order valence-corrected chi connectivity index (χ3v) is 31.0. The smallest absolute Gasteiger partial charge is 0.135 e. The Bertz CT molecular complexity index is 9080. The maximum atomic E-state index is 6.24. The number of nitrogens with zero attached hydrogens (tertiary/aromatic N) is 6. The van der Waals surface area contributed by atoms with Crippen LogP contribution in [0.5, 0.6) is 0 Å². The number of furan rings is 1. The quantitative estimate of drug-likeness (QED) is 0.0846. The van der Waals surface area contributed by atoms with Gasteiger partial charge in [0.25, 0.3) is 0 Å². The van der Waals surface area contributed by atoms with E-state index in [4.69, 9.17) is 4.42 Å². The van der Waals surface area contributed by atoms with Crippen LogP contribution >= 0.6 is 45.3 Å². The highest BCUT2D eigenvalue weighted by atomic mass is 32.1. The molecule has 0 aliphatic rings. The lowest BCUT2D eigenvalue weighted by molar-refractivity contribution is 0.669. The van der Waals surface area contributed by atoms with Crippen LogP contribution in [0.25, 0.3) is 124 Å². The van der Waals surface area contributed by atoms with Gasteiger partial charge >= 0.3 is 0 Å². The molecular formula is C128H86N6OS4. The van der Waals surface area contributed by atoms with E-state index in [-0.39, 0.29) is 0 Å². The molecule has 0 atom stereocenters. The van der Waals surface area contributed by atoms with Crippen molar-refractivity contribution in [3.05, 3.63) is 522 Å². The molecule has 11 heteroatoms. The molecular weight excluding hydrogens is 1770 g/mol. The molecule has 7 nitrogen and oxygen atoms in total. The van der Waals surface area contributed by atoms with Crippen molar-refractivity contribution >= 4 is 272 Å². The van der Waals surface area contributed by atoms with Crippen LogP contribution in [0, 0.1) is 0 Å². The van der Waals surface area contributed by atoms with Crippen LogP contribution in [0.15, 0.2) is 526 Å². The Morgan fingerprint density at radius 1 is 0.129 bits per heavy atom. The standard InChI is InChI=1S/C46H30N2OS.C42H28N2S2.C40H28N2S/c1-3-14-33(15-4-1)47(34-16-5-2-6-17-34)36-25-27-45-41(30-36)39-19-11-20-42(46(39)50-45)48(35-23-22-31-12-7-8-13-32(31)28-35)37-24-26-44-40(29-37)38-18-9-10-21-43(38)49-44;1-4-13-29(14-5-1)43(30-15-6-2-7-16-30)32-23-26-41-37(27-32)35-20-12-21-38(42(35)46-41)44(31-17-8-3-9-18-31)33-24-25-40-36(28-33)34-19-10-11-22-39(34)45-40;1-4-15-31(16-5-1)41(32-17-6-2-7-18-32)35-25-26-39-37(28-35)36-21-12-22-38(40(36)43-39)42(33-19-8-3-9-20-33)34-24-23-29-13-10-11-14-30(29)27-34/h1-30H;1-28H;1-28H. The van der Waals surface area contributed by atoms with Gasteiger partial charge < -0.3 is 33.8 Å². The largest absolute Gasteiger partial charge is 0.456 e. The van der Waals surface area contributed by atoms with Gasteiger partial charge in [0, 0.05) is 163 Å². The zero-order valence-electron chi connectivity index (χ0n) is 75.4. The number of benzene rings is 22. The molecule has 0 aliphatic carbocycles. The molecule has 0 unspecified atom stereocenters. The van der Waals surface area contributed by atoms with Crippen molar-refractivity contribution in [1.82, 2.24) is 0 Å². The van der Waals surface area contributed by atoms with E-state index in [1.807, 2.05) is 57.5 Å². The second kappa shape index (κ2) is 36.6. The molecule has 0 saturated heterocycles. The summed E-state index contributed by atoms with van der Waals surface area (Å²) in [6.07, 6.45) is 0. The molecule has 27 aromatic rings. The lowest BCUT2D eigenvalue weighted by atomic mass is 10.1. The first-order valence-corrected chi connectivity index (χ1v) is 50.1. The highest BCUT2D eigenvalue weighted by Gasteiger charge is 2.27. The topological polar surface area (TPSA) is 32.6 Å². The van der Waals surface area contributed by atoms with Gasteiger partial charge in [0.15, 0.2) is 0 Å². The molecule has 5 aromatic heterocycles. The van der Waals surface area contributed by atoms with Crippen molar-refractivity contribution in [2.45, 2.75) is 0 Å². The van der Waals surface area contributed by atoms with Crippen LogP contribution in [0.4, 0.5) is 102 Å². The molecule has 0 N–H and O–H groups in total. The number of fused-ring (bicyclic) bond motifs is 17. The Morgan fingerprint density at radius 3 is 0.734 bits per heavy atom. The summed E-state index contributed by atoms with van der Waals surface area (Å²) in [5.41, 5.74) is 22.3. The summed E-state index contributed by atoms with van der Waals surface area (Å²) in [4.78, 5) is 14.2. The zero-order valence-corrected chi connectivity index (χ0v) is 78.6. The van der Waals surface area contributed by atoms with Crippen molar-refractivity contribution in [3.8, 4) is 0 Å². The first-order chi connectivity index (χ1) is 68.9. The molecule has 22 aromatic carbocycles. The molecule has 139 heavy (non-hydrogen) atoms. The van der Waals surface area contributed by atoms with Crippen molar-refractivity contribution in [2.75, 3.05) is 29.4 Å². The van der Waals surface area contributed by atoms with Gasteiger partial charge in [0.1, 0.15) is 11.2 Å². The fourth-order valence-corrected chi connectivity index (χ4v) is 24.5. The Labute approximate surface area is 820 Å². The maximum Gasteiger partial charge on any atom is 0.135 e. The summed E-state index contributed by atoms with van der Waals surface area (Å²) >= 11 is 7.44. The van der Waals surface area contributed by atoms with Gasteiger partial charge in [-0.3, -0.25) is 0 Å². The third kappa shape index (κ3) is 15.9. The number of anilines is 18. The number of thiophene rings is 4. The fourth-order valence-electron chi connectivity index (χ4n) is 19.8. The van der Waals surface area contributed by atoms with E-state index >= 15 is 0 Å². The van der Waals surface area contributed by atoms with E-state index in [0.717, 1.165) is 113 Å². The van der Waals surface area contributed by atoms with Gasteiger partial charge in [-0.1, -0.05) is 279 Å². The van der Waals surface area contributed by atoms with Crippen LogP contribution in [-0.2, 0) is 0 Å². The average Bonchev–Trinajstić information content (AvgIpc) is 1.61.